The van der Waals surface area contributed by atoms with Gasteiger partial charge in [0.2, 0.25) is 5.91 Å². The van der Waals surface area contributed by atoms with E-state index in [0.29, 0.717) is 17.1 Å². The minimum atomic E-state index is -0.627. The fourth-order valence-corrected chi connectivity index (χ4v) is 3.48. The summed E-state index contributed by atoms with van der Waals surface area (Å²) in [5.74, 6) is -0.0789. The zero-order valence-corrected chi connectivity index (χ0v) is 14.3. The van der Waals surface area contributed by atoms with Gasteiger partial charge in [0.1, 0.15) is 11.6 Å². The van der Waals surface area contributed by atoms with Crippen molar-refractivity contribution in [1.82, 2.24) is 0 Å². The Morgan fingerprint density at radius 2 is 1.96 bits per heavy atom. The van der Waals surface area contributed by atoms with Gasteiger partial charge >= 0.3 is 0 Å². The smallest absolute Gasteiger partial charge is 0.265 e. The molecule has 6 heteroatoms. The topological polar surface area (TPSA) is 67.4 Å². The standard InChI is InChI=1S/C20H19FN2O3/c1-12-18(24)23-16-11-15(7-8-17(16)26-12)22-19(25)20(9-2-10-20)13-3-5-14(21)6-4-13/h3-8,11-12H,2,9-10H2,1H3,(H,22,25)(H,23,24). The summed E-state index contributed by atoms with van der Waals surface area (Å²) in [7, 11) is 0. The number of hydrogen-bond donors (Lipinski definition) is 2. The average molecular weight is 354 g/mol. The van der Waals surface area contributed by atoms with E-state index in [1.165, 1.54) is 12.1 Å². The number of nitrogens with one attached hydrogen (secondary N) is 2. The van der Waals surface area contributed by atoms with Crippen molar-refractivity contribution in [1.29, 1.82) is 0 Å². The molecule has 0 spiro atoms. The molecule has 2 aliphatic rings. The van der Waals surface area contributed by atoms with Crippen molar-refractivity contribution in [2.24, 2.45) is 0 Å². The molecule has 0 radical (unpaired) electrons. The third kappa shape index (κ3) is 2.71. The fraction of sp³-hybridized carbons (Fsp3) is 0.300. The Morgan fingerprint density at radius 1 is 1.23 bits per heavy atom. The summed E-state index contributed by atoms with van der Waals surface area (Å²) < 4.78 is 18.7. The van der Waals surface area contributed by atoms with Crippen molar-refractivity contribution in [2.75, 3.05) is 10.6 Å². The molecular weight excluding hydrogens is 335 g/mol. The second-order valence-corrected chi connectivity index (χ2v) is 6.86. The Morgan fingerprint density at radius 3 is 2.62 bits per heavy atom. The Kier molecular flexibility index (Phi) is 3.90. The Balaban J connectivity index is 1.57. The van der Waals surface area contributed by atoms with Crippen LogP contribution in [-0.2, 0) is 15.0 Å². The van der Waals surface area contributed by atoms with Crippen LogP contribution >= 0.6 is 0 Å². The summed E-state index contributed by atoms with van der Waals surface area (Å²) in [4.78, 5) is 24.7. The molecule has 4 rings (SSSR count). The molecule has 1 unspecified atom stereocenters. The van der Waals surface area contributed by atoms with Gasteiger partial charge in [-0.05, 0) is 55.7 Å². The minimum Gasteiger partial charge on any atom is -0.479 e. The van der Waals surface area contributed by atoms with E-state index >= 15 is 0 Å². The van der Waals surface area contributed by atoms with Gasteiger partial charge in [0, 0.05) is 5.69 Å². The number of hydrogen-bond acceptors (Lipinski definition) is 3. The lowest BCUT2D eigenvalue weighted by Gasteiger charge is -2.40. The van der Waals surface area contributed by atoms with E-state index in [-0.39, 0.29) is 17.6 Å². The van der Waals surface area contributed by atoms with Gasteiger partial charge in [-0.15, -0.1) is 0 Å². The normalized spacial score (nSPS) is 20.2. The average Bonchev–Trinajstić information content (AvgIpc) is 2.57. The maximum atomic E-state index is 13.2. The molecule has 2 aromatic carbocycles. The summed E-state index contributed by atoms with van der Waals surface area (Å²) in [5.41, 5.74) is 1.32. The van der Waals surface area contributed by atoms with Crippen molar-refractivity contribution in [3.8, 4) is 5.75 Å². The van der Waals surface area contributed by atoms with Gasteiger partial charge in [0.15, 0.2) is 6.10 Å². The number of carbonyl (C=O) groups excluding carboxylic acids is 2. The molecule has 1 aliphatic carbocycles. The molecule has 1 fully saturated rings. The third-order valence-corrected chi connectivity index (χ3v) is 5.21. The molecule has 26 heavy (non-hydrogen) atoms. The third-order valence-electron chi connectivity index (χ3n) is 5.21. The van der Waals surface area contributed by atoms with Gasteiger partial charge in [0.25, 0.3) is 5.91 Å². The van der Waals surface area contributed by atoms with Crippen LogP contribution in [0.25, 0.3) is 0 Å². The van der Waals surface area contributed by atoms with E-state index in [0.717, 1.165) is 24.8 Å². The quantitative estimate of drug-likeness (QED) is 0.885. The number of anilines is 2. The van der Waals surface area contributed by atoms with Gasteiger partial charge in [-0.2, -0.15) is 0 Å². The maximum absolute atomic E-state index is 13.2. The highest BCUT2D eigenvalue weighted by molar-refractivity contribution is 6.02. The molecule has 1 atom stereocenters. The minimum absolute atomic E-state index is 0.119. The van der Waals surface area contributed by atoms with E-state index in [1.54, 1.807) is 37.3 Å². The van der Waals surface area contributed by atoms with Crippen molar-refractivity contribution in [3.63, 3.8) is 0 Å². The van der Waals surface area contributed by atoms with E-state index in [2.05, 4.69) is 10.6 Å². The van der Waals surface area contributed by atoms with Crippen LogP contribution in [0.4, 0.5) is 15.8 Å². The zero-order chi connectivity index (χ0) is 18.3. The number of amides is 2. The van der Waals surface area contributed by atoms with Crippen LogP contribution in [0.5, 0.6) is 5.75 Å². The summed E-state index contributed by atoms with van der Waals surface area (Å²) in [6.45, 7) is 1.68. The summed E-state index contributed by atoms with van der Waals surface area (Å²) in [5, 5.41) is 5.71. The first-order valence-electron chi connectivity index (χ1n) is 8.67. The Labute approximate surface area is 150 Å². The molecule has 134 valence electrons. The molecule has 0 saturated heterocycles. The number of benzene rings is 2. The summed E-state index contributed by atoms with van der Waals surface area (Å²) in [6.07, 6.45) is 1.87. The van der Waals surface area contributed by atoms with E-state index in [4.69, 9.17) is 4.74 Å². The van der Waals surface area contributed by atoms with Crippen LogP contribution in [0.1, 0.15) is 31.7 Å². The molecule has 1 saturated carbocycles. The number of fused-ring (bicyclic) bond motifs is 1. The molecule has 0 aromatic heterocycles. The monoisotopic (exact) mass is 354 g/mol. The first-order valence-corrected chi connectivity index (χ1v) is 8.67. The van der Waals surface area contributed by atoms with Crippen molar-refractivity contribution in [3.05, 3.63) is 53.8 Å². The first-order chi connectivity index (χ1) is 12.5. The fourth-order valence-electron chi connectivity index (χ4n) is 3.48. The first kappa shape index (κ1) is 16.6. The Hall–Kier alpha value is -2.89. The van der Waals surface area contributed by atoms with Crippen LogP contribution in [0.3, 0.4) is 0 Å². The van der Waals surface area contributed by atoms with E-state index in [1.807, 2.05) is 0 Å². The molecule has 0 bridgehead atoms. The van der Waals surface area contributed by atoms with Crippen molar-refractivity contribution >= 4 is 23.2 Å². The van der Waals surface area contributed by atoms with E-state index in [9.17, 15) is 14.0 Å². The second-order valence-electron chi connectivity index (χ2n) is 6.86. The highest BCUT2D eigenvalue weighted by atomic mass is 19.1. The van der Waals surface area contributed by atoms with Crippen molar-refractivity contribution in [2.45, 2.75) is 37.7 Å². The molecular formula is C20H19FN2O3. The number of carbonyl (C=O) groups is 2. The van der Waals surface area contributed by atoms with Crippen LogP contribution < -0.4 is 15.4 Å². The SMILES string of the molecule is CC1Oc2ccc(NC(=O)C3(c4ccc(F)cc4)CCC3)cc2NC1=O. The summed E-state index contributed by atoms with van der Waals surface area (Å²) >= 11 is 0. The van der Waals surface area contributed by atoms with Gasteiger partial charge in [0.05, 0.1) is 11.1 Å². The maximum Gasteiger partial charge on any atom is 0.265 e. The lowest BCUT2D eigenvalue weighted by molar-refractivity contribution is -0.124. The van der Waals surface area contributed by atoms with Crippen LogP contribution in [0, 0.1) is 5.82 Å². The lowest BCUT2D eigenvalue weighted by Crippen LogP contribution is -2.46. The van der Waals surface area contributed by atoms with Gasteiger partial charge in [-0.3, -0.25) is 9.59 Å². The van der Waals surface area contributed by atoms with Gasteiger partial charge < -0.3 is 15.4 Å². The highest BCUT2D eigenvalue weighted by Crippen LogP contribution is 2.45. The largest absolute Gasteiger partial charge is 0.479 e. The lowest BCUT2D eigenvalue weighted by atomic mass is 9.64. The number of ether oxygens (including phenoxy) is 1. The Bertz CT molecular complexity index is 875. The second kappa shape index (κ2) is 6.12. The predicted molar refractivity (Wildman–Crippen MR) is 95.7 cm³/mol. The van der Waals surface area contributed by atoms with Gasteiger partial charge in [-0.25, -0.2) is 4.39 Å². The van der Waals surface area contributed by atoms with Crippen molar-refractivity contribution < 1.29 is 18.7 Å². The van der Waals surface area contributed by atoms with Crippen LogP contribution in [0.15, 0.2) is 42.5 Å². The van der Waals surface area contributed by atoms with Crippen LogP contribution in [-0.4, -0.2) is 17.9 Å². The number of halogens is 1. The molecule has 2 N–H and O–H groups in total. The summed E-state index contributed by atoms with van der Waals surface area (Å²) in [6, 6.07) is 11.3. The number of rotatable bonds is 3. The molecule has 1 heterocycles. The van der Waals surface area contributed by atoms with Crippen LogP contribution in [0.2, 0.25) is 0 Å². The molecule has 2 amide bonds. The molecule has 5 nitrogen and oxygen atoms in total. The molecule has 1 aliphatic heterocycles. The highest BCUT2D eigenvalue weighted by Gasteiger charge is 2.45. The van der Waals surface area contributed by atoms with E-state index < -0.39 is 11.5 Å². The van der Waals surface area contributed by atoms with Gasteiger partial charge in [-0.1, -0.05) is 18.6 Å². The predicted octanol–water partition coefficient (Wildman–Crippen LogP) is 3.61. The zero-order valence-electron chi connectivity index (χ0n) is 14.3. The molecule has 2 aromatic rings.